The molecule has 30 heavy (non-hydrogen) atoms. The van der Waals surface area contributed by atoms with Crippen molar-refractivity contribution < 1.29 is 13.2 Å². The van der Waals surface area contributed by atoms with E-state index in [0.717, 1.165) is 38.5 Å². The predicted molar refractivity (Wildman–Crippen MR) is 112 cm³/mol. The fourth-order valence-electron chi connectivity index (χ4n) is 4.52. The Morgan fingerprint density at radius 2 is 1.83 bits per heavy atom. The van der Waals surface area contributed by atoms with Crippen molar-refractivity contribution in [2.75, 3.05) is 20.1 Å². The topological polar surface area (TPSA) is 88.4 Å². The molecule has 1 aromatic heterocycles. The van der Waals surface area contributed by atoms with Crippen molar-refractivity contribution in [1.82, 2.24) is 24.0 Å². The zero-order chi connectivity index (χ0) is 21.1. The number of carbonyl (C=O) groups is 1. The summed E-state index contributed by atoms with van der Waals surface area (Å²) < 4.78 is 29.6. The summed E-state index contributed by atoms with van der Waals surface area (Å²) in [7, 11) is -1.96. The van der Waals surface area contributed by atoms with Gasteiger partial charge in [-0.2, -0.15) is 9.40 Å². The minimum Gasteiger partial charge on any atom is -0.338 e. The molecule has 0 spiro atoms. The van der Waals surface area contributed by atoms with Crippen LogP contribution in [0.1, 0.15) is 61.3 Å². The summed E-state index contributed by atoms with van der Waals surface area (Å²) in [6.45, 7) is 1.23. The summed E-state index contributed by atoms with van der Waals surface area (Å²) in [5, 5.41) is 4.19. The Morgan fingerprint density at radius 1 is 1.10 bits per heavy atom. The second-order valence-corrected chi connectivity index (χ2v) is 10.2. The van der Waals surface area contributed by atoms with Crippen LogP contribution in [0.3, 0.4) is 0 Å². The maximum Gasteiger partial charge on any atom is 0.253 e. The van der Waals surface area contributed by atoms with E-state index in [9.17, 15) is 13.2 Å². The van der Waals surface area contributed by atoms with Gasteiger partial charge in [0.1, 0.15) is 12.7 Å². The molecule has 0 unspecified atom stereocenters. The molecule has 2 aromatic rings. The van der Waals surface area contributed by atoms with Gasteiger partial charge in [-0.15, -0.1) is 0 Å². The Hall–Kier alpha value is -2.26. The number of sulfonamides is 1. The number of rotatable bonds is 5. The molecule has 2 fully saturated rings. The fourth-order valence-corrected chi connectivity index (χ4v) is 5.98. The standard InChI is InChI=1S/C21H29N5O3S/c1-24(18-7-3-2-4-8-18)30(28,29)20-9-5-6-17(14-20)21(27)25-12-10-19(11-13-25)26-16-22-15-23-26/h5-6,9,14-16,18-19H,2-4,7-8,10-13H2,1H3. The lowest BCUT2D eigenvalue weighted by molar-refractivity contribution is 0.0689. The third kappa shape index (κ3) is 4.27. The zero-order valence-electron chi connectivity index (χ0n) is 17.4. The Bertz CT molecular complexity index is 962. The molecule has 1 saturated carbocycles. The fraction of sp³-hybridized carbons (Fsp3) is 0.571. The number of aromatic nitrogens is 3. The first-order valence-corrected chi connectivity index (χ1v) is 12.1. The first-order valence-electron chi connectivity index (χ1n) is 10.7. The number of likely N-dealkylation sites (tertiary alicyclic amines) is 1. The molecule has 1 aliphatic carbocycles. The van der Waals surface area contributed by atoms with Crippen LogP contribution in [0.5, 0.6) is 0 Å². The van der Waals surface area contributed by atoms with Gasteiger partial charge in [0.2, 0.25) is 10.0 Å². The minimum absolute atomic E-state index is 0.0407. The number of amides is 1. The summed E-state index contributed by atoms with van der Waals surface area (Å²) in [5.41, 5.74) is 0.423. The van der Waals surface area contributed by atoms with Crippen LogP contribution < -0.4 is 0 Å². The molecular formula is C21H29N5O3S. The van der Waals surface area contributed by atoms with Gasteiger partial charge in [0.25, 0.3) is 5.91 Å². The summed E-state index contributed by atoms with van der Waals surface area (Å²) in [6, 6.07) is 6.76. The molecule has 0 atom stereocenters. The van der Waals surface area contributed by atoms with Gasteiger partial charge in [-0.1, -0.05) is 25.3 Å². The van der Waals surface area contributed by atoms with Crippen LogP contribution in [-0.2, 0) is 10.0 Å². The molecule has 1 aliphatic heterocycles. The van der Waals surface area contributed by atoms with Gasteiger partial charge in [-0.3, -0.25) is 4.79 Å². The average molecular weight is 432 g/mol. The van der Waals surface area contributed by atoms with Gasteiger partial charge in [0, 0.05) is 31.7 Å². The van der Waals surface area contributed by atoms with Crippen LogP contribution in [0.25, 0.3) is 0 Å². The van der Waals surface area contributed by atoms with Gasteiger partial charge in [0.05, 0.1) is 10.9 Å². The first kappa shape index (κ1) is 21.0. The molecule has 0 N–H and O–H groups in total. The number of hydrogen-bond donors (Lipinski definition) is 0. The number of benzene rings is 1. The van der Waals surface area contributed by atoms with Gasteiger partial charge in [-0.05, 0) is 43.9 Å². The van der Waals surface area contributed by atoms with Crippen LogP contribution in [0.15, 0.2) is 41.8 Å². The Kier molecular flexibility index (Phi) is 6.19. The van der Waals surface area contributed by atoms with E-state index >= 15 is 0 Å². The third-order valence-corrected chi connectivity index (χ3v) is 8.32. The highest BCUT2D eigenvalue weighted by molar-refractivity contribution is 7.89. The predicted octanol–water partition coefficient (Wildman–Crippen LogP) is 2.71. The molecule has 2 aliphatic rings. The van der Waals surface area contributed by atoms with Crippen molar-refractivity contribution in [3.8, 4) is 0 Å². The van der Waals surface area contributed by atoms with Crippen molar-refractivity contribution in [1.29, 1.82) is 0 Å². The zero-order valence-corrected chi connectivity index (χ0v) is 18.2. The van der Waals surface area contributed by atoms with Crippen LogP contribution >= 0.6 is 0 Å². The normalized spacial score (nSPS) is 19.3. The second-order valence-electron chi connectivity index (χ2n) is 8.24. The van der Waals surface area contributed by atoms with Crippen LogP contribution in [0, 0.1) is 0 Å². The molecule has 4 rings (SSSR count). The van der Waals surface area contributed by atoms with E-state index in [-0.39, 0.29) is 22.9 Å². The molecular weight excluding hydrogens is 402 g/mol. The lowest BCUT2D eigenvalue weighted by Gasteiger charge is -2.32. The first-order chi connectivity index (χ1) is 14.5. The highest BCUT2D eigenvalue weighted by Gasteiger charge is 2.30. The maximum atomic E-state index is 13.1. The van der Waals surface area contributed by atoms with Gasteiger partial charge in [0.15, 0.2) is 0 Å². The molecule has 1 aromatic carbocycles. The van der Waals surface area contributed by atoms with Crippen molar-refractivity contribution in [2.24, 2.45) is 0 Å². The number of hydrogen-bond acceptors (Lipinski definition) is 5. The number of carbonyl (C=O) groups excluding carboxylic acids is 1. The molecule has 0 radical (unpaired) electrons. The smallest absolute Gasteiger partial charge is 0.253 e. The molecule has 162 valence electrons. The van der Waals surface area contributed by atoms with Crippen LogP contribution in [0.2, 0.25) is 0 Å². The van der Waals surface area contributed by atoms with E-state index in [0.29, 0.717) is 18.7 Å². The summed E-state index contributed by atoms with van der Waals surface area (Å²) in [5.74, 6) is -0.121. The molecule has 2 heterocycles. The van der Waals surface area contributed by atoms with E-state index in [2.05, 4.69) is 10.1 Å². The number of nitrogens with zero attached hydrogens (tertiary/aromatic N) is 5. The van der Waals surface area contributed by atoms with Crippen LogP contribution in [-0.4, -0.2) is 64.5 Å². The lowest BCUT2D eigenvalue weighted by Crippen LogP contribution is -2.39. The summed E-state index contributed by atoms with van der Waals surface area (Å²) in [6.07, 6.45) is 9.93. The Labute approximate surface area is 177 Å². The molecule has 0 bridgehead atoms. The third-order valence-electron chi connectivity index (χ3n) is 6.41. The van der Waals surface area contributed by atoms with Gasteiger partial charge < -0.3 is 4.90 Å². The molecule has 9 heteroatoms. The largest absolute Gasteiger partial charge is 0.338 e. The Morgan fingerprint density at radius 3 is 2.50 bits per heavy atom. The van der Waals surface area contributed by atoms with Crippen molar-refractivity contribution >= 4 is 15.9 Å². The summed E-state index contributed by atoms with van der Waals surface area (Å²) in [4.78, 5) is 19.0. The van der Waals surface area contributed by atoms with Crippen molar-refractivity contribution in [3.63, 3.8) is 0 Å². The second kappa shape index (κ2) is 8.85. The van der Waals surface area contributed by atoms with E-state index in [1.54, 1.807) is 36.5 Å². The van der Waals surface area contributed by atoms with E-state index < -0.39 is 10.0 Å². The van der Waals surface area contributed by atoms with E-state index in [4.69, 9.17) is 0 Å². The minimum atomic E-state index is -3.62. The maximum absolute atomic E-state index is 13.1. The van der Waals surface area contributed by atoms with E-state index in [1.807, 2.05) is 4.68 Å². The monoisotopic (exact) mass is 431 g/mol. The van der Waals surface area contributed by atoms with Crippen molar-refractivity contribution in [3.05, 3.63) is 42.5 Å². The van der Waals surface area contributed by atoms with Gasteiger partial charge in [-0.25, -0.2) is 18.1 Å². The quantitative estimate of drug-likeness (QED) is 0.726. The van der Waals surface area contributed by atoms with E-state index in [1.165, 1.54) is 23.1 Å². The highest BCUT2D eigenvalue weighted by atomic mass is 32.2. The average Bonchev–Trinajstić information content (AvgIpc) is 3.34. The number of piperidine rings is 1. The van der Waals surface area contributed by atoms with Crippen molar-refractivity contribution in [2.45, 2.75) is 61.9 Å². The molecule has 1 amide bonds. The highest BCUT2D eigenvalue weighted by Crippen LogP contribution is 2.27. The van der Waals surface area contributed by atoms with Crippen LogP contribution in [0.4, 0.5) is 0 Å². The molecule has 8 nitrogen and oxygen atoms in total. The summed E-state index contributed by atoms with van der Waals surface area (Å²) >= 11 is 0. The lowest BCUT2D eigenvalue weighted by atomic mass is 9.96. The Balaban J connectivity index is 1.45. The SMILES string of the molecule is CN(C1CCCCC1)S(=O)(=O)c1cccc(C(=O)N2CCC(n3cncn3)CC2)c1. The van der Waals surface area contributed by atoms with Gasteiger partial charge >= 0.3 is 0 Å². The molecule has 1 saturated heterocycles.